The van der Waals surface area contributed by atoms with Crippen molar-refractivity contribution in [3.05, 3.63) is 29.6 Å². The Balaban J connectivity index is 1.84. The van der Waals surface area contributed by atoms with Crippen LogP contribution in [-0.2, 0) is 0 Å². The van der Waals surface area contributed by atoms with Crippen molar-refractivity contribution >= 4 is 0 Å². The van der Waals surface area contributed by atoms with Crippen molar-refractivity contribution in [1.29, 1.82) is 5.26 Å². The van der Waals surface area contributed by atoms with Crippen molar-refractivity contribution in [2.45, 2.75) is 18.9 Å². The van der Waals surface area contributed by atoms with E-state index in [0.29, 0.717) is 18.2 Å². The van der Waals surface area contributed by atoms with E-state index in [0.717, 1.165) is 6.54 Å². The molecule has 0 N–H and O–H groups in total. The average molecular weight is 234 g/mol. The van der Waals surface area contributed by atoms with Crippen LogP contribution in [0.3, 0.4) is 0 Å². The molecule has 0 aliphatic heterocycles. The van der Waals surface area contributed by atoms with Gasteiger partial charge in [0, 0.05) is 12.6 Å². The third-order valence-electron chi connectivity index (χ3n) is 2.93. The number of nitriles is 1. The van der Waals surface area contributed by atoms with Gasteiger partial charge in [0.05, 0.1) is 11.6 Å². The van der Waals surface area contributed by atoms with E-state index in [-0.39, 0.29) is 5.75 Å². The first-order valence-corrected chi connectivity index (χ1v) is 5.73. The molecule has 1 aliphatic rings. The number of benzene rings is 1. The van der Waals surface area contributed by atoms with Gasteiger partial charge in [0.25, 0.3) is 0 Å². The lowest BCUT2D eigenvalue weighted by Gasteiger charge is -2.16. The van der Waals surface area contributed by atoms with E-state index in [9.17, 15) is 4.39 Å². The predicted molar refractivity (Wildman–Crippen MR) is 62.3 cm³/mol. The van der Waals surface area contributed by atoms with Crippen LogP contribution in [-0.4, -0.2) is 31.1 Å². The fourth-order valence-electron chi connectivity index (χ4n) is 1.68. The molecule has 0 unspecified atom stereocenters. The summed E-state index contributed by atoms with van der Waals surface area (Å²) >= 11 is 0. The zero-order chi connectivity index (χ0) is 12.3. The van der Waals surface area contributed by atoms with Gasteiger partial charge in [0.1, 0.15) is 6.61 Å². The second-order valence-corrected chi connectivity index (χ2v) is 4.32. The molecule has 0 heterocycles. The highest BCUT2D eigenvalue weighted by molar-refractivity contribution is 5.35. The lowest BCUT2D eigenvalue weighted by Crippen LogP contribution is -2.26. The van der Waals surface area contributed by atoms with E-state index in [1.165, 1.54) is 25.0 Å². The molecule has 90 valence electrons. The van der Waals surface area contributed by atoms with Gasteiger partial charge in [-0.15, -0.1) is 0 Å². The molecule has 0 radical (unpaired) electrons. The van der Waals surface area contributed by atoms with Crippen LogP contribution in [0.15, 0.2) is 18.2 Å². The first kappa shape index (κ1) is 11.9. The van der Waals surface area contributed by atoms with Crippen molar-refractivity contribution in [2.24, 2.45) is 0 Å². The zero-order valence-corrected chi connectivity index (χ0v) is 9.82. The minimum Gasteiger partial charge on any atom is -0.489 e. The molecule has 0 amide bonds. The maximum absolute atomic E-state index is 13.4. The van der Waals surface area contributed by atoms with E-state index < -0.39 is 5.82 Å². The van der Waals surface area contributed by atoms with Crippen molar-refractivity contribution in [2.75, 3.05) is 20.2 Å². The highest BCUT2D eigenvalue weighted by atomic mass is 19.1. The third kappa shape index (κ3) is 3.18. The van der Waals surface area contributed by atoms with Crippen LogP contribution in [0, 0.1) is 17.1 Å². The summed E-state index contributed by atoms with van der Waals surface area (Å²) in [5.74, 6) is -0.258. The Morgan fingerprint density at radius 1 is 1.53 bits per heavy atom. The maximum Gasteiger partial charge on any atom is 0.166 e. The molecule has 0 aromatic heterocycles. The number of rotatable bonds is 5. The molecule has 1 fully saturated rings. The first-order chi connectivity index (χ1) is 8.20. The molecular weight excluding hydrogens is 219 g/mol. The predicted octanol–water partition coefficient (Wildman–Crippen LogP) is 2.17. The Labute approximate surface area is 100 Å². The SMILES string of the molecule is CN(CCOc1ccc(C#N)cc1F)C1CC1. The molecule has 0 saturated heterocycles. The second-order valence-electron chi connectivity index (χ2n) is 4.32. The summed E-state index contributed by atoms with van der Waals surface area (Å²) in [7, 11) is 2.05. The third-order valence-corrected chi connectivity index (χ3v) is 2.93. The summed E-state index contributed by atoms with van der Waals surface area (Å²) in [5.41, 5.74) is 0.310. The van der Waals surface area contributed by atoms with Gasteiger partial charge in [-0.3, -0.25) is 0 Å². The van der Waals surface area contributed by atoms with E-state index >= 15 is 0 Å². The second kappa shape index (κ2) is 5.15. The topological polar surface area (TPSA) is 36.3 Å². The van der Waals surface area contributed by atoms with Crippen molar-refractivity contribution < 1.29 is 9.13 Å². The number of hydrogen-bond acceptors (Lipinski definition) is 3. The average Bonchev–Trinajstić information content (AvgIpc) is 3.15. The van der Waals surface area contributed by atoms with Crippen molar-refractivity contribution in [3.63, 3.8) is 0 Å². The molecular formula is C13H15FN2O. The number of halogens is 1. The fraction of sp³-hybridized carbons (Fsp3) is 0.462. The van der Waals surface area contributed by atoms with Crippen molar-refractivity contribution in [1.82, 2.24) is 4.90 Å². The van der Waals surface area contributed by atoms with Crippen LogP contribution in [0.5, 0.6) is 5.75 Å². The number of hydrogen-bond donors (Lipinski definition) is 0. The monoisotopic (exact) mass is 234 g/mol. The molecule has 3 nitrogen and oxygen atoms in total. The van der Waals surface area contributed by atoms with E-state index in [1.807, 2.05) is 6.07 Å². The number of ether oxygens (including phenoxy) is 1. The summed E-state index contributed by atoms with van der Waals surface area (Å²) in [4.78, 5) is 2.22. The molecule has 2 rings (SSSR count). The summed E-state index contributed by atoms with van der Waals surface area (Å²) in [5, 5.41) is 8.61. The van der Waals surface area contributed by atoms with E-state index in [2.05, 4.69) is 11.9 Å². The molecule has 0 atom stereocenters. The van der Waals surface area contributed by atoms with Gasteiger partial charge < -0.3 is 9.64 Å². The first-order valence-electron chi connectivity index (χ1n) is 5.73. The van der Waals surface area contributed by atoms with E-state index in [1.54, 1.807) is 6.07 Å². The highest BCUT2D eigenvalue weighted by Crippen LogP contribution is 2.25. The van der Waals surface area contributed by atoms with Gasteiger partial charge in [-0.25, -0.2) is 4.39 Å². The largest absolute Gasteiger partial charge is 0.489 e. The van der Waals surface area contributed by atoms with Gasteiger partial charge in [-0.05, 0) is 38.1 Å². The smallest absolute Gasteiger partial charge is 0.166 e. The molecule has 17 heavy (non-hydrogen) atoms. The normalized spacial score (nSPS) is 14.7. The summed E-state index contributed by atoms with van der Waals surface area (Å²) in [6.45, 7) is 1.26. The molecule has 0 bridgehead atoms. The summed E-state index contributed by atoms with van der Waals surface area (Å²) in [6.07, 6.45) is 2.50. The lowest BCUT2D eigenvalue weighted by molar-refractivity contribution is 0.225. The van der Waals surface area contributed by atoms with Gasteiger partial charge >= 0.3 is 0 Å². The molecule has 1 aromatic rings. The fourth-order valence-corrected chi connectivity index (χ4v) is 1.68. The Morgan fingerprint density at radius 3 is 2.88 bits per heavy atom. The van der Waals surface area contributed by atoms with E-state index in [4.69, 9.17) is 10.00 Å². The van der Waals surface area contributed by atoms with Crippen LogP contribution >= 0.6 is 0 Å². The minimum atomic E-state index is -0.474. The lowest BCUT2D eigenvalue weighted by atomic mass is 10.2. The summed E-state index contributed by atoms with van der Waals surface area (Å²) in [6, 6.07) is 6.83. The van der Waals surface area contributed by atoms with Crippen LogP contribution in [0.25, 0.3) is 0 Å². The van der Waals surface area contributed by atoms with Crippen LogP contribution in [0.2, 0.25) is 0 Å². The Kier molecular flexibility index (Phi) is 3.60. The Bertz CT molecular complexity index is 438. The zero-order valence-electron chi connectivity index (χ0n) is 9.82. The molecule has 4 heteroatoms. The van der Waals surface area contributed by atoms with Gasteiger partial charge in [0.15, 0.2) is 11.6 Å². The Morgan fingerprint density at radius 2 is 2.29 bits per heavy atom. The summed E-state index contributed by atoms with van der Waals surface area (Å²) < 4.78 is 18.8. The maximum atomic E-state index is 13.4. The van der Waals surface area contributed by atoms with Crippen molar-refractivity contribution in [3.8, 4) is 11.8 Å². The molecule has 1 aliphatic carbocycles. The van der Waals surface area contributed by atoms with Crippen LogP contribution < -0.4 is 4.74 Å². The number of likely N-dealkylation sites (N-methyl/N-ethyl adjacent to an activating group) is 1. The van der Waals surface area contributed by atoms with Crippen LogP contribution in [0.4, 0.5) is 4.39 Å². The van der Waals surface area contributed by atoms with Gasteiger partial charge in [-0.1, -0.05) is 0 Å². The molecule has 0 spiro atoms. The highest BCUT2D eigenvalue weighted by Gasteiger charge is 2.25. The molecule has 1 aromatic carbocycles. The minimum absolute atomic E-state index is 0.216. The van der Waals surface area contributed by atoms with Crippen LogP contribution in [0.1, 0.15) is 18.4 Å². The standard InChI is InChI=1S/C13H15FN2O/c1-16(11-3-4-11)6-7-17-13-5-2-10(9-15)8-12(13)14/h2,5,8,11H,3-4,6-7H2,1H3. The van der Waals surface area contributed by atoms with Gasteiger partial charge in [0.2, 0.25) is 0 Å². The quantitative estimate of drug-likeness (QED) is 0.783. The molecule has 1 saturated carbocycles. The van der Waals surface area contributed by atoms with Gasteiger partial charge in [-0.2, -0.15) is 5.26 Å². The Hall–Kier alpha value is -1.60. The number of nitrogens with zero attached hydrogens (tertiary/aromatic N) is 2.